The van der Waals surface area contributed by atoms with Crippen molar-refractivity contribution in [2.45, 2.75) is 6.92 Å². The van der Waals surface area contributed by atoms with Gasteiger partial charge in [-0.05, 0) is 29.7 Å². The molecule has 0 saturated carbocycles. The van der Waals surface area contributed by atoms with E-state index in [0.717, 1.165) is 50.4 Å². The van der Waals surface area contributed by atoms with Crippen molar-refractivity contribution in [2.75, 3.05) is 0 Å². The lowest BCUT2D eigenvalue weighted by molar-refractivity contribution is 1.29. The standard InChI is InChI=1S/C27H21N3/c1-19-10-8-9-15-24(19)28-18-25-29-26-22(20-11-4-2-5-12-20)16-17-23(27(26)30-25)21-13-6-3-7-14-21/h2-18H,1H3,(H,29,30). The number of aliphatic imine (C=N–C) groups is 1. The largest absolute Gasteiger partial charge is 0.337 e. The van der Waals surface area contributed by atoms with Gasteiger partial charge in [-0.2, -0.15) is 0 Å². The van der Waals surface area contributed by atoms with Crippen molar-refractivity contribution in [3.63, 3.8) is 0 Å². The van der Waals surface area contributed by atoms with Gasteiger partial charge in [0.25, 0.3) is 0 Å². The van der Waals surface area contributed by atoms with Crippen molar-refractivity contribution in [3.8, 4) is 22.3 Å². The maximum Gasteiger partial charge on any atom is 0.149 e. The zero-order valence-corrected chi connectivity index (χ0v) is 16.7. The summed E-state index contributed by atoms with van der Waals surface area (Å²) in [5, 5.41) is 0. The number of para-hydroxylation sites is 1. The molecule has 0 atom stereocenters. The number of nitrogens with one attached hydrogen (secondary N) is 1. The number of H-pyrrole nitrogens is 1. The molecule has 4 aromatic carbocycles. The SMILES string of the molecule is Cc1ccccc1N=Cc1nc2c(-c3ccccc3)ccc(-c3ccccc3)c2[nH]1. The number of hydrogen-bond acceptors (Lipinski definition) is 2. The topological polar surface area (TPSA) is 41.0 Å². The van der Waals surface area contributed by atoms with Crippen molar-refractivity contribution in [1.29, 1.82) is 0 Å². The highest BCUT2D eigenvalue weighted by Crippen LogP contribution is 2.34. The second-order valence-corrected chi connectivity index (χ2v) is 7.28. The van der Waals surface area contributed by atoms with Gasteiger partial charge in [0.1, 0.15) is 5.82 Å². The Labute approximate surface area is 175 Å². The van der Waals surface area contributed by atoms with E-state index in [1.165, 1.54) is 0 Å². The minimum atomic E-state index is 0.744. The molecule has 0 aliphatic rings. The lowest BCUT2D eigenvalue weighted by atomic mass is 9.98. The first kappa shape index (κ1) is 18.1. The van der Waals surface area contributed by atoms with Crippen molar-refractivity contribution >= 4 is 22.9 Å². The number of hydrogen-bond donors (Lipinski definition) is 1. The van der Waals surface area contributed by atoms with Crippen LogP contribution in [0.15, 0.2) is 102 Å². The van der Waals surface area contributed by atoms with Crippen LogP contribution in [0.3, 0.4) is 0 Å². The molecule has 3 heteroatoms. The molecule has 0 unspecified atom stereocenters. The van der Waals surface area contributed by atoms with Crippen LogP contribution in [0.25, 0.3) is 33.3 Å². The van der Waals surface area contributed by atoms with E-state index in [4.69, 9.17) is 4.98 Å². The molecule has 0 spiro atoms. The minimum absolute atomic E-state index is 0.744. The van der Waals surface area contributed by atoms with E-state index >= 15 is 0 Å². The highest BCUT2D eigenvalue weighted by atomic mass is 14.9. The fourth-order valence-electron chi connectivity index (χ4n) is 3.72. The first-order valence-corrected chi connectivity index (χ1v) is 10.0. The Kier molecular flexibility index (Phi) is 4.70. The maximum atomic E-state index is 4.92. The predicted molar refractivity (Wildman–Crippen MR) is 125 cm³/mol. The van der Waals surface area contributed by atoms with E-state index in [2.05, 4.69) is 83.6 Å². The molecule has 5 aromatic rings. The molecule has 1 heterocycles. The molecule has 0 bridgehead atoms. The Bertz CT molecular complexity index is 1260. The van der Waals surface area contributed by atoms with Crippen LogP contribution >= 0.6 is 0 Å². The average molecular weight is 387 g/mol. The van der Waals surface area contributed by atoms with Crippen molar-refractivity contribution in [1.82, 2.24) is 9.97 Å². The molecule has 0 amide bonds. The molecule has 0 radical (unpaired) electrons. The predicted octanol–water partition coefficient (Wildman–Crippen LogP) is 6.96. The number of rotatable bonds is 4. The maximum absolute atomic E-state index is 4.92. The fraction of sp³-hybridized carbons (Fsp3) is 0.0370. The summed E-state index contributed by atoms with van der Waals surface area (Å²) in [6.45, 7) is 2.06. The number of fused-ring (bicyclic) bond motifs is 1. The number of imidazole rings is 1. The van der Waals surface area contributed by atoms with E-state index in [9.17, 15) is 0 Å². The summed E-state index contributed by atoms with van der Waals surface area (Å²) < 4.78 is 0. The fourth-order valence-corrected chi connectivity index (χ4v) is 3.72. The smallest absolute Gasteiger partial charge is 0.149 e. The summed E-state index contributed by atoms with van der Waals surface area (Å²) in [5.41, 5.74) is 8.61. The summed E-state index contributed by atoms with van der Waals surface area (Å²) >= 11 is 0. The van der Waals surface area contributed by atoms with Gasteiger partial charge in [0.2, 0.25) is 0 Å². The lowest BCUT2D eigenvalue weighted by Crippen LogP contribution is -1.85. The van der Waals surface area contributed by atoms with Crippen LogP contribution in [0.1, 0.15) is 11.4 Å². The Balaban J connectivity index is 1.68. The molecule has 5 rings (SSSR count). The van der Waals surface area contributed by atoms with Crippen LogP contribution in [0.5, 0.6) is 0 Å². The van der Waals surface area contributed by atoms with Crippen LogP contribution in [0, 0.1) is 6.92 Å². The quantitative estimate of drug-likeness (QED) is 0.333. The summed E-state index contributed by atoms with van der Waals surface area (Å²) in [6.07, 6.45) is 1.81. The molecule has 0 fully saturated rings. The molecule has 1 N–H and O–H groups in total. The zero-order valence-electron chi connectivity index (χ0n) is 16.7. The molecule has 144 valence electrons. The minimum Gasteiger partial charge on any atom is -0.337 e. The van der Waals surface area contributed by atoms with Gasteiger partial charge >= 0.3 is 0 Å². The van der Waals surface area contributed by atoms with Crippen LogP contribution in [-0.2, 0) is 0 Å². The van der Waals surface area contributed by atoms with Gasteiger partial charge in [-0.25, -0.2) is 4.98 Å². The van der Waals surface area contributed by atoms with Gasteiger partial charge in [-0.3, -0.25) is 4.99 Å². The monoisotopic (exact) mass is 387 g/mol. The van der Waals surface area contributed by atoms with E-state index in [-0.39, 0.29) is 0 Å². The number of aromatic amines is 1. The summed E-state index contributed by atoms with van der Waals surface area (Å²) in [5.74, 6) is 0.744. The van der Waals surface area contributed by atoms with E-state index in [0.29, 0.717) is 0 Å². The first-order valence-electron chi connectivity index (χ1n) is 10.0. The second-order valence-electron chi connectivity index (χ2n) is 7.28. The summed E-state index contributed by atoms with van der Waals surface area (Å²) in [7, 11) is 0. The third kappa shape index (κ3) is 3.42. The van der Waals surface area contributed by atoms with E-state index < -0.39 is 0 Å². The Morgan fingerprint density at radius 1 is 0.700 bits per heavy atom. The number of aryl methyl sites for hydroxylation is 1. The van der Waals surface area contributed by atoms with Crippen LogP contribution < -0.4 is 0 Å². The van der Waals surface area contributed by atoms with Crippen LogP contribution in [0.2, 0.25) is 0 Å². The Morgan fingerprint density at radius 3 is 2.00 bits per heavy atom. The van der Waals surface area contributed by atoms with Crippen molar-refractivity contribution in [2.24, 2.45) is 4.99 Å². The number of aromatic nitrogens is 2. The molecule has 0 aliphatic heterocycles. The number of benzene rings is 4. The second kappa shape index (κ2) is 7.80. The third-order valence-electron chi connectivity index (χ3n) is 5.27. The van der Waals surface area contributed by atoms with E-state index in [1.807, 2.05) is 36.5 Å². The number of nitrogens with zero attached hydrogens (tertiary/aromatic N) is 2. The molecule has 30 heavy (non-hydrogen) atoms. The van der Waals surface area contributed by atoms with Gasteiger partial charge in [-0.1, -0.05) is 91.0 Å². The van der Waals surface area contributed by atoms with Gasteiger partial charge in [0, 0.05) is 11.1 Å². The molecule has 0 saturated heterocycles. The van der Waals surface area contributed by atoms with Crippen molar-refractivity contribution < 1.29 is 0 Å². The van der Waals surface area contributed by atoms with E-state index in [1.54, 1.807) is 0 Å². The van der Waals surface area contributed by atoms with Gasteiger partial charge < -0.3 is 4.98 Å². The molecule has 0 aliphatic carbocycles. The molecular formula is C27H21N3. The lowest BCUT2D eigenvalue weighted by Gasteiger charge is -2.07. The normalized spacial score (nSPS) is 11.4. The average Bonchev–Trinajstić information content (AvgIpc) is 3.23. The molecule has 3 nitrogen and oxygen atoms in total. The summed E-state index contributed by atoms with van der Waals surface area (Å²) in [6, 6.07) is 33.2. The summed E-state index contributed by atoms with van der Waals surface area (Å²) in [4.78, 5) is 13.1. The highest BCUT2D eigenvalue weighted by molar-refractivity contribution is 6.02. The van der Waals surface area contributed by atoms with Crippen molar-refractivity contribution in [3.05, 3.63) is 108 Å². The Morgan fingerprint density at radius 2 is 1.30 bits per heavy atom. The third-order valence-corrected chi connectivity index (χ3v) is 5.27. The first-order chi connectivity index (χ1) is 14.8. The highest BCUT2D eigenvalue weighted by Gasteiger charge is 2.13. The Hall–Kier alpha value is -3.98. The van der Waals surface area contributed by atoms with Gasteiger partial charge in [-0.15, -0.1) is 0 Å². The van der Waals surface area contributed by atoms with Crippen LogP contribution in [0.4, 0.5) is 5.69 Å². The zero-order chi connectivity index (χ0) is 20.3. The molecular weight excluding hydrogens is 366 g/mol. The van der Waals surface area contributed by atoms with Gasteiger partial charge in [0.05, 0.1) is 22.9 Å². The molecule has 1 aromatic heterocycles. The van der Waals surface area contributed by atoms with Crippen LogP contribution in [-0.4, -0.2) is 16.2 Å². The van der Waals surface area contributed by atoms with Gasteiger partial charge in [0.15, 0.2) is 0 Å².